The van der Waals surface area contributed by atoms with Gasteiger partial charge in [0.2, 0.25) is 0 Å². The summed E-state index contributed by atoms with van der Waals surface area (Å²) in [6.45, 7) is 5.22. The fourth-order valence-electron chi connectivity index (χ4n) is 2.98. The molecule has 1 aliphatic heterocycles. The summed E-state index contributed by atoms with van der Waals surface area (Å²) in [5, 5.41) is 5.33. The van der Waals surface area contributed by atoms with Crippen molar-refractivity contribution in [2.24, 2.45) is 0 Å². The Labute approximate surface area is 125 Å². The zero-order valence-electron chi connectivity index (χ0n) is 12.5. The summed E-state index contributed by atoms with van der Waals surface area (Å²) in [6, 6.07) is 14.4. The van der Waals surface area contributed by atoms with Crippen LogP contribution in [-0.2, 0) is 0 Å². The van der Waals surface area contributed by atoms with Crippen molar-refractivity contribution in [2.75, 3.05) is 19.6 Å². The zero-order chi connectivity index (χ0) is 14.7. The number of rotatable bonds is 4. The lowest BCUT2D eigenvalue weighted by molar-refractivity contribution is 0.0940. The molecule has 2 aromatic carbocycles. The highest BCUT2D eigenvalue weighted by atomic mass is 16.1. The van der Waals surface area contributed by atoms with Crippen LogP contribution in [0.4, 0.5) is 0 Å². The number of carbonyl (C=O) groups is 1. The van der Waals surface area contributed by atoms with E-state index in [0.29, 0.717) is 12.6 Å². The lowest BCUT2D eigenvalue weighted by Crippen LogP contribution is -2.40. The molecule has 1 heterocycles. The van der Waals surface area contributed by atoms with Gasteiger partial charge in [0.1, 0.15) is 0 Å². The van der Waals surface area contributed by atoms with Crippen LogP contribution in [0.15, 0.2) is 42.5 Å². The van der Waals surface area contributed by atoms with Gasteiger partial charge in [-0.25, -0.2) is 0 Å². The third-order valence-electron chi connectivity index (χ3n) is 4.33. The van der Waals surface area contributed by atoms with Crippen LogP contribution >= 0.6 is 0 Å². The SMILES string of the molecule is CC(CNC(=O)c1ccc2ccccc2c1)N1CCCC1. The molecule has 110 valence electrons. The van der Waals surface area contributed by atoms with Crippen LogP contribution in [0.25, 0.3) is 10.8 Å². The number of hydrogen-bond acceptors (Lipinski definition) is 2. The molecular formula is C18H22N2O. The highest BCUT2D eigenvalue weighted by molar-refractivity contribution is 5.98. The lowest BCUT2D eigenvalue weighted by Gasteiger charge is -2.23. The van der Waals surface area contributed by atoms with Gasteiger partial charge in [-0.3, -0.25) is 9.69 Å². The van der Waals surface area contributed by atoms with Crippen molar-refractivity contribution in [1.29, 1.82) is 0 Å². The molecule has 21 heavy (non-hydrogen) atoms. The number of likely N-dealkylation sites (tertiary alicyclic amines) is 1. The summed E-state index contributed by atoms with van der Waals surface area (Å²) in [6.07, 6.45) is 2.56. The number of fused-ring (bicyclic) bond motifs is 1. The Morgan fingerprint density at radius 3 is 2.62 bits per heavy atom. The van der Waals surface area contributed by atoms with Crippen molar-refractivity contribution in [3.8, 4) is 0 Å². The van der Waals surface area contributed by atoms with Gasteiger partial charge in [0.25, 0.3) is 5.91 Å². The Morgan fingerprint density at radius 1 is 1.14 bits per heavy atom. The first kappa shape index (κ1) is 14.1. The molecule has 0 spiro atoms. The van der Waals surface area contributed by atoms with Gasteiger partial charge in [-0.2, -0.15) is 0 Å². The van der Waals surface area contributed by atoms with Crippen molar-refractivity contribution >= 4 is 16.7 Å². The molecule has 1 amide bonds. The van der Waals surface area contributed by atoms with Crippen molar-refractivity contribution in [2.45, 2.75) is 25.8 Å². The summed E-state index contributed by atoms with van der Waals surface area (Å²) >= 11 is 0. The van der Waals surface area contributed by atoms with Crippen LogP contribution < -0.4 is 5.32 Å². The fraction of sp³-hybridized carbons (Fsp3) is 0.389. The molecular weight excluding hydrogens is 260 g/mol. The number of hydrogen-bond donors (Lipinski definition) is 1. The Balaban J connectivity index is 1.63. The van der Waals surface area contributed by atoms with Gasteiger partial charge in [-0.15, -0.1) is 0 Å². The van der Waals surface area contributed by atoms with Crippen LogP contribution in [0.1, 0.15) is 30.1 Å². The van der Waals surface area contributed by atoms with E-state index in [0.717, 1.165) is 24.0 Å². The molecule has 3 rings (SSSR count). The minimum atomic E-state index is 0.0202. The van der Waals surface area contributed by atoms with E-state index in [-0.39, 0.29) is 5.91 Å². The van der Waals surface area contributed by atoms with Crippen molar-refractivity contribution in [3.63, 3.8) is 0 Å². The molecule has 2 aromatic rings. The van der Waals surface area contributed by atoms with Gasteiger partial charge >= 0.3 is 0 Å². The molecule has 0 aliphatic carbocycles. The molecule has 0 aromatic heterocycles. The minimum Gasteiger partial charge on any atom is -0.350 e. The third-order valence-corrected chi connectivity index (χ3v) is 4.33. The molecule has 1 fully saturated rings. The highest BCUT2D eigenvalue weighted by Crippen LogP contribution is 2.16. The number of benzene rings is 2. The summed E-state index contributed by atoms with van der Waals surface area (Å²) in [7, 11) is 0. The second-order valence-corrected chi connectivity index (χ2v) is 5.86. The first-order valence-electron chi connectivity index (χ1n) is 7.75. The maximum atomic E-state index is 12.3. The molecule has 1 N–H and O–H groups in total. The number of amides is 1. The number of nitrogens with zero attached hydrogens (tertiary/aromatic N) is 1. The van der Waals surface area contributed by atoms with Crippen LogP contribution in [-0.4, -0.2) is 36.5 Å². The van der Waals surface area contributed by atoms with E-state index in [1.165, 1.54) is 18.2 Å². The van der Waals surface area contributed by atoms with Gasteiger partial charge in [0.05, 0.1) is 0 Å². The van der Waals surface area contributed by atoms with Crippen molar-refractivity contribution in [1.82, 2.24) is 10.2 Å². The molecule has 3 nitrogen and oxygen atoms in total. The van der Waals surface area contributed by atoms with E-state index in [4.69, 9.17) is 0 Å². The quantitative estimate of drug-likeness (QED) is 0.934. The van der Waals surface area contributed by atoms with Crippen LogP contribution in [0, 0.1) is 0 Å². The van der Waals surface area contributed by atoms with Gasteiger partial charge in [0.15, 0.2) is 0 Å². The third kappa shape index (κ3) is 3.24. The Morgan fingerprint density at radius 2 is 1.86 bits per heavy atom. The van der Waals surface area contributed by atoms with E-state index >= 15 is 0 Å². The topological polar surface area (TPSA) is 32.3 Å². The molecule has 1 unspecified atom stereocenters. The summed E-state index contributed by atoms with van der Waals surface area (Å²) in [5.41, 5.74) is 0.738. The Bertz CT molecular complexity index is 632. The number of carbonyl (C=O) groups excluding carboxylic acids is 1. The summed E-state index contributed by atoms with van der Waals surface area (Å²) in [4.78, 5) is 14.7. The van der Waals surface area contributed by atoms with Gasteiger partial charge < -0.3 is 5.32 Å². The predicted octanol–water partition coefficient (Wildman–Crippen LogP) is 3.05. The van der Waals surface area contributed by atoms with Gasteiger partial charge in [0, 0.05) is 18.2 Å². The second kappa shape index (κ2) is 6.27. The predicted molar refractivity (Wildman–Crippen MR) is 86.6 cm³/mol. The smallest absolute Gasteiger partial charge is 0.251 e. The normalized spacial score (nSPS) is 17.0. The Hall–Kier alpha value is -1.87. The van der Waals surface area contributed by atoms with Gasteiger partial charge in [-0.1, -0.05) is 30.3 Å². The molecule has 0 radical (unpaired) electrons. The van der Waals surface area contributed by atoms with Crippen LogP contribution in [0.5, 0.6) is 0 Å². The van der Waals surface area contributed by atoms with Crippen LogP contribution in [0.2, 0.25) is 0 Å². The van der Waals surface area contributed by atoms with Crippen molar-refractivity contribution in [3.05, 3.63) is 48.0 Å². The fourth-order valence-corrected chi connectivity index (χ4v) is 2.98. The maximum Gasteiger partial charge on any atom is 0.251 e. The minimum absolute atomic E-state index is 0.0202. The standard InChI is InChI=1S/C18H22N2O/c1-14(20-10-4-5-11-20)13-19-18(21)17-9-8-15-6-2-3-7-16(15)12-17/h2-3,6-9,12,14H,4-5,10-11,13H2,1H3,(H,19,21). The number of nitrogens with one attached hydrogen (secondary N) is 1. The average molecular weight is 282 g/mol. The van der Waals surface area contributed by atoms with E-state index in [9.17, 15) is 4.79 Å². The second-order valence-electron chi connectivity index (χ2n) is 5.86. The molecule has 1 atom stereocenters. The van der Waals surface area contributed by atoms with E-state index in [2.05, 4.69) is 23.2 Å². The van der Waals surface area contributed by atoms with Crippen LogP contribution in [0.3, 0.4) is 0 Å². The maximum absolute atomic E-state index is 12.3. The largest absolute Gasteiger partial charge is 0.350 e. The molecule has 0 saturated carbocycles. The first-order chi connectivity index (χ1) is 10.2. The first-order valence-corrected chi connectivity index (χ1v) is 7.75. The van der Waals surface area contributed by atoms with E-state index in [1.54, 1.807) is 0 Å². The summed E-state index contributed by atoms with van der Waals surface area (Å²) in [5.74, 6) is 0.0202. The van der Waals surface area contributed by atoms with E-state index in [1.807, 2.05) is 36.4 Å². The molecule has 1 aliphatic rings. The monoisotopic (exact) mass is 282 g/mol. The average Bonchev–Trinajstić information content (AvgIpc) is 3.06. The molecule has 1 saturated heterocycles. The molecule has 3 heteroatoms. The highest BCUT2D eigenvalue weighted by Gasteiger charge is 2.18. The Kier molecular flexibility index (Phi) is 4.20. The zero-order valence-corrected chi connectivity index (χ0v) is 12.5. The molecule has 0 bridgehead atoms. The lowest BCUT2D eigenvalue weighted by atomic mass is 10.1. The van der Waals surface area contributed by atoms with Gasteiger partial charge in [-0.05, 0) is 55.8 Å². The van der Waals surface area contributed by atoms with Crippen molar-refractivity contribution < 1.29 is 4.79 Å². The van der Waals surface area contributed by atoms with E-state index < -0.39 is 0 Å². The summed E-state index contributed by atoms with van der Waals surface area (Å²) < 4.78 is 0.